The average Bonchev–Trinajstić information content (AvgIpc) is 2.01. The summed E-state index contributed by atoms with van der Waals surface area (Å²) in [5, 5.41) is 3.17. The smallest absolute Gasteiger partial charge is 0.128 e. The summed E-state index contributed by atoms with van der Waals surface area (Å²) in [5.74, 6) is 0.119. The van der Waals surface area contributed by atoms with Crippen LogP contribution in [0, 0.1) is 5.82 Å². The molecule has 0 fully saturated rings. The molecule has 1 N–H and O–H groups in total. The highest BCUT2D eigenvalue weighted by Crippen LogP contribution is 2.21. The standard InChI is InChI=1S/C12H18FN/c1-8(2)11-6-5-10(7-12(11)13)14-9(3)4/h5-9,14H,1-4H3. The zero-order valence-corrected chi connectivity index (χ0v) is 9.26. The van der Waals surface area contributed by atoms with Gasteiger partial charge in [0.05, 0.1) is 0 Å². The van der Waals surface area contributed by atoms with Crippen molar-refractivity contribution in [2.24, 2.45) is 0 Å². The van der Waals surface area contributed by atoms with Gasteiger partial charge in [0.2, 0.25) is 0 Å². The summed E-state index contributed by atoms with van der Waals surface area (Å²) in [6, 6.07) is 5.68. The van der Waals surface area contributed by atoms with Gasteiger partial charge >= 0.3 is 0 Å². The van der Waals surface area contributed by atoms with E-state index in [1.54, 1.807) is 6.07 Å². The molecule has 0 spiro atoms. The lowest BCUT2D eigenvalue weighted by Crippen LogP contribution is -2.10. The van der Waals surface area contributed by atoms with Crippen LogP contribution in [0.1, 0.15) is 39.2 Å². The largest absolute Gasteiger partial charge is 0.383 e. The summed E-state index contributed by atoms with van der Waals surface area (Å²) in [4.78, 5) is 0. The normalized spacial score (nSPS) is 11.1. The summed E-state index contributed by atoms with van der Waals surface area (Å²) in [6.07, 6.45) is 0. The molecule has 0 aliphatic carbocycles. The fraction of sp³-hybridized carbons (Fsp3) is 0.500. The van der Waals surface area contributed by atoms with Gasteiger partial charge in [-0.2, -0.15) is 0 Å². The monoisotopic (exact) mass is 195 g/mol. The Morgan fingerprint density at radius 2 is 1.79 bits per heavy atom. The highest BCUT2D eigenvalue weighted by atomic mass is 19.1. The van der Waals surface area contributed by atoms with Crippen LogP contribution in [-0.4, -0.2) is 6.04 Å². The lowest BCUT2D eigenvalue weighted by Gasteiger charge is -2.12. The van der Waals surface area contributed by atoms with Crippen molar-refractivity contribution in [1.29, 1.82) is 0 Å². The van der Waals surface area contributed by atoms with Gasteiger partial charge in [-0.05, 0) is 37.5 Å². The van der Waals surface area contributed by atoms with Crippen LogP contribution in [-0.2, 0) is 0 Å². The zero-order valence-electron chi connectivity index (χ0n) is 9.26. The highest BCUT2D eigenvalue weighted by molar-refractivity contribution is 5.46. The molecule has 0 aliphatic heterocycles. The lowest BCUT2D eigenvalue weighted by molar-refractivity contribution is 0.598. The molecule has 0 heterocycles. The van der Waals surface area contributed by atoms with Gasteiger partial charge < -0.3 is 5.32 Å². The number of halogens is 1. The molecule has 0 amide bonds. The van der Waals surface area contributed by atoms with E-state index in [4.69, 9.17) is 0 Å². The van der Waals surface area contributed by atoms with Gasteiger partial charge in [-0.25, -0.2) is 4.39 Å². The second kappa shape index (κ2) is 4.45. The van der Waals surface area contributed by atoms with Crippen molar-refractivity contribution in [3.05, 3.63) is 29.6 Å². The molecule has 0 unspecified atom stereocenters. The van der Waals surface area contributed by atoms with Crippen LogP contribution in [0.4, 0.5) is 10.1 Å². The summed E-state index contributed by atoms with van der Waals surface area (Å²) in [6.45, 7) is 8.06. The Hall–Kier alpha value is -1.05. The fourth-order valence-corrected chi connectivity index (χ4v) is 1.42. The van der Waals surface area contributed by atoms with Crippen LogP contribution in [0.25, 0.3) is 0 Å². The van der Waals surface area contributed by atoms with Gasteiger partial charge in [-0.15, -0.1) is 0 Å². The maximum atomic E-state index is 13.5. The Morgan fingerprint density at radius 3 is 2.21 bits per heavy atom. The van der Waals surface area contributed by atoms with Crippen molar-refractivity contribution in [1.82, 2.24) is 0 Å². The first kappa shape index (κ1) is 11.0. The first-order valence-corrected chi connectivity index (χ1v) is 5.06. The minimum Gasteiger partial charge on any atom is -0.383 e. The number of rotatable bonds is 3. The van der Waals surface area contributed by atoms with E-state index in [1.165, 1.54) is 0 Å². The maximum Gasteiger partial charge on any atom is 0.128 e. The molecule has 0 radical (unpaired) electrons. The molecule has 0 saturated heterocycles. The Balaban J connectivity index is 2.89. The Kier molecular flexibility index (Phi) is 3.50. The Labute approximate surface area is 85.3 Å². The van der Waals surface area contributed by atoms with Crippen molar-refractivity contribution in [2.75, 3.05) is 5.32 Å². The molecule has 14 heavy (non-hydrogen) atoms. The molecule has 1 aromatic carbocycles. The van der Waals surface area contributed by atoms with Crippen molar-refractivity contribution in [3.63, 3.8) is 0 Å². The van der Waals surface area contributed by atoms with Gasteiger partial charge in [-0.1, -0.05) is 19.9 Å². The van der Waals surface area contributed by atoms with Gasteiger partial charge in [-0.3, -0.25) is 0 Å². The minimum atomic E-state index is -0.120. The third-order valence-electron chi connectivity index (χ3n) is 2.08. The first-order chi connectivity index (χ1) is 6.50. The van der Waals surface area contributed by atoms with Crippen LogP contribution < -0.4 is 5.32 Å². The van der Waals surface area contributed by atoms with E-state index in [2.05, 4.69) is 5.32 Å². The molecule has 1 rings (SSSR count). The topological polar surface area (TPSA) is 12.0 Å². The van der Waals surface area contributed by atoms with Crippen molar-refractivity contribution in [3.8, 4) is 0 Å². The predicted octanol–water partition coefficient (Wildman–Crippen LogP) is 3.77. The molecule has 0 saturated carbocycles. The Morgan fingerprint density at radius 1 is 1.14 bits per heavy atom. The molecule has 0 aliphatic rings. The molecule has 1 nitrogen and oxygen atoms in total. The van der Waals surface area contributed by atoms with Crippen molar-refractivity contribution >= 4 is 5.69 Å². The summed E-state index contributed by atoms with van der Waals surface area (Å²) >= 11 is 0. The second-order valence-electron chi connectivity index (χ2n) is 4.19. The maximum absolute atomic E-state index is 13.5. The fourth-order valence-electron chi connectivity index (χ4n) is 1.42. The van der Waals surface area contributed by atoms with Gasteiger partial charge in [0.25, 0.3) is 0 Å². The van der Waals surface area contributed by atoms with Crippen molar-refractivity contribution in [2.45, 2.75) is 39.7 Å². The van der Waals surface area contributed by atoms with Crippen LogP contribution in [0.2, 0.25) is 0 Å². The third kappa shape index (κ3) is 2.72. The number of hydrogen-bond donors (Lipinski definition) is 1. The summed E-state index contributed by atoms with van der Waals surface area (Å²) in [7, 11) is 0. The molecule has 1 aromatic rings. The van der Waals surface area contributed by atoms with E-state index in [1.807, 2.05) is 39.8 Å². The summed E-state index contributed by atoms with van der Waals surface area (Å²) < 4.78 is 13.5. The number of nitrogens with one attached hydrogen (secondary N) is 1. The third-order valence-corrected chi connectivity index (χ3v) is 2.08. The van der Waals surface area contributed by atoms with Gasteiger partial charge in [0.15, 0.2) is 0 Å². The average molecular weight is 195 g/mol. The zero-order chi connectivity index (χ0) is 10.7. The number of anilines is 1. The molecular formula is C12H18FN. The molecule has 0 aromatic heterocycles. The quantitative estimate of drug-likeness (QED) is 0.774. The van der Waals surface area contributed by atoms with E-state index in [-0.39, 0.29) is 11.7 Å². The van der Waals surface area contributed by atoms with E-state index >= 15 is 0 Å². The van der Waals surface area contributed by atoms with E-state index in [0.29, 0.717) is 6.04 Å². The van der Waals surface area contributed by atoms with E-state index < -0.39 is 0 Å². The van der Waals surface area contributed by atoms with Crippen LogP contribution >= 0.6 is 0 Å². The molecule has 78 valence electrons. The first-order valence-electron chi connectivity index (χ1n) is 5.06. The lowest BCUT2D eigenvalue weighted by atomic mass is 10.0. The SMILES string of the molecule is CC(C)Nc1ccc(C(C)C)c(F)c1. The predicted molar refractivity (Wildman–Crippen MR) is 59.2 cm³/mol. The van der Waals surface area contributed by atoms with Gasteiger partial charge in [0, 0.05) is 11.7 Å². The highest BCUT2D eigenvalue weighted by Gasteiger charge is 2.07. The molecule has 0 bridgehead atoms. The molecule has 2 heteroatoms. The summed E-state index contributed by atoms with van der Waals surface area (Å²) in [5.41, 5.74) is 1.63. The number of benzene rings is 1. The number of hydrogen-bond acceptors (Lipinski definition) is 1. The van der Waals surface area contributed by atoms with Crippen LogP contribution in [0.5, 0.6) is 0 Å². The Bertz CT molecular complexity index is 305. The van der Waals surface area contributed by atoms with E-state index in [0.717, 1.165) is 11.3 Å². The van der Waals surface area contributed by atoms with Gasteiger partial charge in [0.1, 0.15) is 5.82 Å². The molecular weight excluding hydrogens is 177 g/mol. The van der Waals surface area contributed by atoms with Crippen LogP contribution in [0.15, 0.2) is 18.2 Å². The minimum absolute atomic E-state index is 0.120. The van der Waals surface area contributed by atoms with E-state index in [9.17, 15) is 4.39 Å². The molecule has 0 atom stereocenters. The second-order valence-corrected chi connectivity index (χ2v) is 4.19. The van der Waals surface area contributed by atoms with Crippen molar-refractivity contribution < 1.29 is 4.39 Å². The van der Waals surface area contributed by atoms with Crippen LogP contribution in [0.3, 0.4) is 0 Å².